The highest BCUT2D eigenvalue weighted by molar-refractivity contribution is 8.01. The molecule has 1 aromatic heterocycles. The number of likely N-dealkylation sites (N-methyl/N-ethyl adjacent to an activating group) is 1. The van der Waals surface area contributed by atoms with Crippen LogP contribution in [-0.2, 0) is 55.5 Å². The minimum absolute atomic E-state index is 0.0306. The van der Waals surface area contributed by atoms with Gasteiger partial charge in [0.1, 0.15) is 33.1 Å². The maximum atomic E-state index is 13.6. The number of benzene rings is 1. The highest BCUT2D eigenvalue weighted by atomic mass is 32.2. The van der Waals surface area contributed by atoms with E-state index in [1.54, 1.807) is 51.1 Å². The van der Waals surface area contributed by atoms with Gasteiger partial charge in [0.15, 0.2) is 15.9 Å². The molecule has 4 N–H and O–H groups in total. The normalized spacial score (nSPS) is 29.2. The van der Waals surface area contributed by atoms with Gasteiger partial charge in [-0.1, -0.05) is 35.5 Å². The molecule has 0 radical (unpaired) electrons. The molecule has 0 aliphatic carbocycles. The van der Waals surface area contributed by atoms with Crippen LogP contribution in [0.2, 0.25) is 0 Å². The Balaban J connectivity index is 0.000000230. The fourth-order valence-corrected chi connectivity index (χ4v) is 11.8. The third-order valence-electron chi connectivity index (χ3n) is 11.1. The number of urea groups is 1. The number of sulfone groups is 1. The van der Waals surface area contributed by atoms with E-state index in [-0.39, 0.29) is 26.1 Å². The molecule has 2 aromatic rings. The van der Waals surface area contributed by atoms with Gasteiger partial charge in [-0.05, 0) is 40.2 Å². The van der Waals surface area contributed by atoms with E-state index < -0.39 is 101 Å². The number of imide groups is 1. The first-order chi connectivity index (χ1) is 26.6. The SMILES string of the molecule is CCN1CCN(C(=O)N[C@](C)(C(=O)N[C@@H]2C(=O)N3[C@@H]2SC(C)(C)[C@@H]3C(=O)O)c2ccccc2)C(=O)C1=O.C[C@]1(Cn2ccnn2)[C@H](C(=O)O)N2C(=O)C[C@H]2S1(=O)=O. The number of rotatable bonds is 9. The number of carboxylic acids is 2. The molecule has 7 atom stereocenters. The molecule has 0 spiro atoms. The van der Waals surface area contributed by atoms with Crippen molar-refractivity contribution in [3.05, 3.63) is 48.3 Å². The molecule has 6 heterocycles. The van der Waals surface area contributed by atoms with Crippen molar-refractivity contribution in [3.63, 3.8) is 0 Å². The summed E-state index contributed by atoms with van der Waals surface area (Å²) in [5, 5.41) is 29.9. The predicted octanol–water partition coefficient (Wildman–Crippen LogP) is -1.59. The second-order valence-corrected chi connectivity index (χ2v) is 19.3. The standard InChI is InChI=1S/C24H29N5O7S.C10H12N4O5S/c1-5-27-11-12-28(18(32)17(27)31)22(36)26-24(4,13-9-7-6-8-10-13)21(35)25-14-16(30)29-15(20(33)34)23(2,3)37-19(14)29;1-10(5-13-3-2-11-12-13)8(9(16)17)14-6(15)4-7(14)20(10,18)19/h6-10,14-15,19H,5,11-12H2,1-4H3,(H,25,35)(H,26,36)(H,33,34);2-3,7-8H,4-5H2,1H3,(H,16,17)/t14-,15+,19-,24+;7-,8+,10+/m11/s1. The van der Waals surface area contributed by atoms with E-state index >= 15 is 0 Å². The van der Waals surface area contributed by atoms with E-state index in [0.717, 1.165) is 9.80 Å². The van der Waals surface area contributed by atoms with Gasteiger partial charge in [0.2, 0.25) is 11.8 Å². The van der Waals surface area contributed by atoms with Crippen molar-refractivity contribution in [1.82, 2.24) is 45.2 Å². The quantitative estimate of drug-likeness (QED) is 0.164. The third-order valence-corrected chi connectivity index (χ3v) is 15.4. The largest absolute Gasteiger partial charge is 0.480 e. The summed E-state index contributed by atoms with van der Waals surface area (Å²) < 4.78 is 24.0. The molecule has 57 heavy (non-hydrogen) atoms. The summed E-state index contributed by atoms with van der Waals surface area (Å²) in [7, 11) is -3.80. The second kappa shape index (κ2) is 14.4. The van der Waals surface area contributed by atoms with Crippen molar-refractivity contribution < 1.29 is 57.0 Å². The lowest BCUT2D eigenvalue weighted by Crippen LogP contribution is -2.72. The number of carbonyl (C=O) groups excluding carboxylic acids is 6. The highest BCUT2D eigenvalue weighted by Gasteiger charge is 2.70. The lowest BCUT2D eigenvalue weighted by atomic mass is 9.89. The van der Waals surface area contributed by atoms with E-state index in [1.807, 2.05) is 0 Å². The Hall–Kier alpha value is -5.58. The number of thioether (sulfide) groups is 1. The summed E-state index contributed by atoms with van der Waals surface area (Å²) in [6.45, 7) is 8.28. The maximum absolute atomic E-state index is 13.6. The van der Waals surface area contributed by atoms with E-state index in [9.17, 15) is 57.0 Å². The van der Waals surface area contributed by atoms with Gasteiger partial charge in [0, 0.05) is 30.6 Å². The van der Waals surface area contributed by atoms with E-state index in [2.05, 4.69) is 20.9 Å². The van der Waals surface area contributed by atoms with Crippen molar-refractivity contribution in [1.29, 1.82) is 0 Å². The summed E-state index contributed by atoms with van der Waals surface area (Å²) in [5.41, 5.74) is -1.33. The van der Waals surface area contributed by atoms with Crippen LogP contribution < -0.4 is 10.6 Å². The first-order valence-electron chi connectivity index (χ1n) is 17.8. The van der Waals surface area contributed by atoms with E-state index in [4.69, 9.17) is 0 Å². The molecule has 7 rings (SSSR count). The van der Waals surface area contributed by atoms with Crippen LogP contribution in [0, 0.1) is 0 Å². The number of hydrogen-bond acceptors (Lipinski definition) is 13. The third kappa shape index (κ3) is 6.54. The lowest BCUT2D eigenvalue weighted by molar-refractivity contribution is -0.161. The predicted molar refractivity (Wildman–Crippen MR) is 196 cm³/mol. The van der Waals surface area contributed by atoms with Gasteiger partial charge in [-0.2, -0.15) is 0 Å². The Morgan fingerprint density at radius 1 is 0.965 bits per heavy atom. The second-order valence-electron chi connectivity index (χ2n) is 15.0. The van der Waals surface area contributed by atoms with Crippen molar-refractivity contribution in [2.75, 3.05) is 19.6 Å². The minimum atomic E-state index is -3.80. The van der Waals surface area contributed by atoms with Crippen molar-refractivity contribution in [2.45, 2.75) is 91.5 Å². The van der Waals surface area contributed by atoms with Gasteiger partial charge in [0.05, 0.1) is 19.2 Å². The van der Waals surface area contributed by atoms with Crippen LogP contribution in [0.5, 0.6) is 0 Å². The molecule has 21 nitrogen and oxygen atoms in total. The maximum Gasteiger partial charge on any atom is 0.328 e. The fourth-order valence-electron chi connectivity index (χ4n) is 7.84. The van der Waals surface area contributed by atoms with Crippen LogP contribution in [0.1, 0.15) is 46.6 Å². The Morgan fingerprint density at radius 3 is 2.18 bits per heavy atom. The van der Waals surface area contributed by atoms with Gasteiger partial charge in [-0.25, -0.2) is 22.8 Å². The molecule has 5 aliphatic rings. The number of β-lactam (4-membered cyclic amide) rings is 2. The van der Waals surface area contributed by atoms with Crippen LogP contribution in [0.4, 0.5) is 4.79 Å². The number of fused-ring (bicyclic) bond motifs is 2. The summed E-state index contributed by atoms with van der Waals surface area (Å²) in [6, 6.07) is 3.96. The zero-order valence-corrected chi connectivity index (χ0v) is 33.0. The average molecular weight is 832 g/mol. The summed E-state index contributed by atoms with van der Waals surface area (Å²) >= 11 is 1.28. The molecule has 5 fully saturated rings. The van der Waals surface area contributed by atoms with Gasteiger partial charge in [0.25, 0.3) is 5.91 Å². The molecule has 5 aliphatic heterocycles. The van der Waals surface area contributed by atoms with E-state index in [1.165, 1.54) is 52.5 Å². The summed E-state index contributed by atoms with van der Waals surface area (Å²) in [4.78, 5) is 104. The molecule has 306 valence electrons. The summed E-state index contributed by atoms with van der Waals surface area (Å²) in [6.07, 6.45) is 2.68. The molecule has 0 saturated carbocycles. The Bertz CT molecular complexity index is 2150. The highest BCUT2D eigenvalue weighted by Crippen LogP contribution is 2.51. The van der Waals surface area contributed by atoms with Crippen LogP contribution in [0.3, 0.4) is 0 Å². The first-order valence-corrected chi connectivity index (χ1v) is 20.2. The molecular weight excluding hydrogens is 791 g/mol. The number of hydrogen-bond donors (Lipinski definition) is 4. The zero-order valence-electron chi connectivity index (χ0n) is 31.4. The zero-order chi connectivity index (χ0) is 42.0. The van der Waals surface area contributed by atoms with Gasteiger partial charge in [-0.15, -0.1) is 16.9 Å². The van der Waals surface area contributed by atoms with Crippen LogP contribution >= 0.6 is 11.8 Å². The molecule has 23 heteroatoms. The summed E-state index contributed by atoms with van der Waals surface area (Å²) in [5.74, 6) is -5.93. The topological polar surface area (TPSA) is 279 Å². The number of nitrogens with one attached hydrogen (secondary N) is 2. The average Bonchev–Trinajstić information content (AvgIpc) is 3.79. The number of carboxylic acid groups (broad SMARTS) is 2. The van der Waals surface area contributed by atoms with Crippen molar-refractivity contribution in [2.24, 2.45) is 0 Å². The smallest absolute Gasteiger partial charge is 0.328 e. The molecule has 5 saturated heterocycles. The number of nitrogens with zero attached hydrogens (tertiary/aromatic N) is 7. The van der Waals surface area contributed by atoms with Gasteiger partial charge >= 0.3 is 29.8 Å². The van der Waals surface area contributed by atoms with E-state index in [0.29, 0.717) is 12.1 Å². The molecule has 0 bridgehead atoms. The number of aliphatic carboxylic acids is 2. The Kier molecular flexibility index (Phi) is 10.4. The number of carbonyl (C=O) groups is 8. The van der Waals surface area contributed by atoms with Crippen molar-refractivity contribution >= 4 is 69.1 Å². The lowest BCUT2D eigenvalue weighted by Gasteiger charge is -2.45. The van der Waals surface area contributed by atoms with Crippen LogP contribution in [-0.4, -0.2) is 159 Å². The van der Waals surface area contributed by atoms with Gasteiger partial charge in [-0.3, -0.25) is 33.6 Å². The molecule has 1 aromatic carbocycles. The Morgan fingerprint density at radius 2 is 1.61 bits per heavy atom. The molecule has 0 unspecified atom stereocenters. The minimum Gasteiger partial charge on any atom is -0.480 e. The Labute approximate surface area is 330 Å². The first kappa shape index (κ1) is 41.1. The molecular formula is C34H41N9O12S2. The molecule has 7 amide bonds. The van der Waals surface area contributed by atoms with Crippen molar-refractivity contribution in [3.8, 4) is 0 Å². The monoisotopic (exact) mass is 831 g/mol. The fraction of sp³-hybridized carbons (Fsp3) is 0.529. The number of amides is 7. The van der Waals surface area contributed by atoms with Gasteiger partial charge < -0.3 is 35.5 Å². The van der Waals surface area contributed by atoms with Crippen LogP contribution in [0.15, 0.2) is 42.7 Å². The number of aromatic nitrogens is 3. The number of piperazine rings is 1. The van der Waals surface area contributed by atoms with Crippen LogP contribution in [0.25, 0.3) is 0 Å².